The minimum atomic E-state index is -1.12. The van der Waals surface area contributed by atoms with Crippen molar-refractivity contribution in [3.05, 3.63) is 12.2 Å². The van der Waals surface area contributed by atoms with Crippen LogP contribution in [-0.4, -0.2) is 24.1 Å². The number of hydrogen-bond acceptors (Lipinski definition) is 2. The molecule has 0 heterocycles. The molecule has 0 bridgehead atoms. The third-order valence-corrected chi connectivity index (χ3v) is 2.88. The maximum absolute atomic E-state index is 13.1. The number of terminal acetylenes is 1. The van der Waals surface area contributed by atoms with Crippen LogP contribution in [0.2, 0.25) is 0 Å². The SMILES string of the molecule is C#CCOC(=O)C1CC(=C)C(F)CC1Cl. The van der Waals surface area contributed by atoms with Gasteiger partial charge in [0.2, 0.25) is 0 Å². The summed E-state index contributed by atoms with van der Waals surface area (Å²) < 4.78 is 17.9. The fourth-order valence-electron chi connectivity index (χ4n) is 1.52. The molecule has 0 aromatic rings. The van der Waals surface area contributed by atoms with Gasteiger partial charge < -0.3 is 4.74 Å². The van der Waals surface area contributed by atoms with E-state index >= 15 is 0 Å². The number of hydrogen-bond donors (Lipinski definition) is 0. The van der Waals surface area contributed by atoms with Crippen LogP contribution in [0.5, 0.6) is 0 Å². The topological polar surface area (TPSA) is 26.3 Å². The highest BCUT2D eigenvalue weighted by Crippen LogP contribution is 2.34. The summed E-state index contributed by atoms with van der Waals surface area (Å²) in [5.74, 6) is 1.19. The average molecular weight is 231 g/mol. The van der Waals surface area contributed by atoms with Crippen molar-refractivity contribution in [2.45, 2.75) is 24.4 Å². The molecule has 0 spiro atoms. The van der Waals surface area contributed by atoms with E-state index in [9.17, 15) is 9.18 Å². The highest BCUT2D eigenvalue weighted by molar-refractivity contribution is 6.22. The third kappa shape index (κ3) is 2.97. The first-order valence-corrected chi connectivity index (χ1v) is 5.05. The minimum Gasteiger partial charge on any atom is -0.452 e. The molecule has 4 heteroatoms. The minimum absolute atomic E-state index is 0.0789. The zero-order chi connectivity index (χ0) is 11.4. The highest BCUT2D eigenvalue weighted by Gasteiger charge is 2.36. The molecule has 0 aromatic heterocycles. The molecule has 0 N–H and O–H groups in total. The van der Waals surface area contributed by atoms with Gasteiger partial charge in [0.1, 0.15) is 6.17 Å². The summed E-state index contributed by atoms with van der Waals surface area (Å²) in [5, 5.41) is -0.546. The fourth-order valence-corrected chi connectivity index (χ4v) is 1.87. The summed E-state index contributed by atoms with van der Waals surface area (Å²) in [6, 6.07) is 0. The normalized spacial score (nSPS) is 30.7. The predicted molar refractivity (Wildman–Crippen MR) is 56.2 cm³/mol. The predicted octanol–water partition coefficient (Wildman–Crippen LogP) is 2.07. The summed E-state index contributed by atoms with van der Waals surface area (Å²) in [5.41, 5.74) is 0.398. The van der Waals surface area contributed by atoms with Crippen LogP contribution in [-0.2, 0) is 9.53 Å². The van der Waals surface area contributed by atoms with Gasteiger partial charge in [-0.3, -0.25) is 4.79 Å². The maximum Gasteiger partial charge on any atom is 0.311 e. The second-order valence-corrected chi connectivity index (χ2v) is 4.06. The Bertz CT molecular complexity index is 308. The van der Waals surface area contributed by atoms with E-state index in [0.717, 1.165) is 0 Å². The van der Waals surface area contributed by atoms with E-state index in [1.807, 2.05) is 0 Å². The second kappa shape index (κ2) is 5.18. The number of esters is 1. The summed E-state index contributed by atoms with van der Waals surface area (Å²) >= 11 is 5.88. The van der Waals surface area contributed by atoms with Gasteiger partial charge in [0.05, 0.1) is 11.3 Å². The Morgan fingerprint density at radius 2 is 2.47 bits per heavy atom. The Morgan fingerprint density at radius 3 is 3.07 bits per heavy atom. The van der Waals surface area contributed by atoms with Crippen LogP contribution in [0.4, 0.5) is 4.39 Å². The van der Waals surface area contributed by atoms with Crippen LogP contribution < -0.4 is 0 Å². The number of rotatable bonds is 2. The van der Waals surface area contributed by atoms with Crippen molar-refractivity contribution in [3.8, 4) is 12.3 Å². The molecule has 82 valence electrons. The summed E-state index contributed by atoms with van der Waals surface area (Å²) in [6.45, 7) is 3.48. The first-order valence-electron chi connectivity index (χ1n) is 4.62. The van der Waals surface area contributed by atoms with E-state index in [0.29, 0.717) is 5.57 Å². The Labute approximate surface area is 93.4 Å². The van der Waals surface area contributed by atoms with Crippen LogP contribution in [0, 0.1) is 18.3 Å². The van der Waals surface area contributed by atoms with Crippen molar-refractivity contribution in [1.29, 1.82) is 0 Å². The molecule has 0 amide bonds. The molecule has 1 rings (SSSR count). The molecule has 0 aliphatic heterocycles. The number of ether oxygens (including phenoxy) is 1. The molecular weight excluding hydrogens is 219 g/mol. The van der Waals surface area contributed by atoms with Crippen LogP contribution in [0.25, 0.3) is 0 Å². The largest absolute Gasteiger partial charge is 0.452 e. The maximum atomic E-state index is 13.1. The molecular formula is C11H12ClFO2. The monoisotopic (exact) mass is 230 g/mol. The van der Waals surface area contributed by atoms with Gasteiger partial charge in [-0.05, 0) is 18.4 Å². The second-order valence-electron chi connectivity index (χ2n) is 3.50. The quantitative estimate of drug-likeness (QED) is 0.314. The summed E-state index contributed by atoms with van der Waals surface area (Å²) in [4.78, 5) is 11.5. The zero-order valence-electron chi connectivity index (χ0n) is 8.21. The van der Waals surface area contributed by atoms with Crippen molar-refractivity contribution in [2.75, 3.05) is 6.61 Å². The lowest BCUT2D eigenvalue weighted by atomic mass is 9.84. The Hall–Kier alpha value is -1.01. The zero-order valence-corrected chi connectivity index (χ0v) is 8.97. The van der Waals surface area contributed by atoms with E-state index in [4.69, 9.17) is 22.8 Å². The van der Waals surface area contributed by atoms with Gasteiger partial charge in [-0.15, -0.1) is 18.0 Å². The summed E-state index contributed by atoms with van der Waals surface area (Å²) in [6.07, 6.45) is 4.17. The smallest absolute Gasteiger partial charge is 0.311 e. The molecule has 2 nitrogen and oxygen atoms in total. The highest BCUT2D eigenvalue weighted by atomic mass is 35.5. The number of halogens is 2. The van der Waals surface area contributed by atoms with Gasteiger partial charge in [0, 0.05) is 0 Å². The van der Waals surface area contributed by atoms with Crippen LogP contribution in [0.1, 0.15) is 12.8 Å². The first kappa shape index (κ1) is 12.1. The van der Waals surface area contributed by atoms with Gasteiger partial charge in [-0.1, -0.05) is 12.5 Å². The van der Waals surface area contributed by atoms with Crippen molar-refractivity contribution in [3.63, 3.8) is 0 Å². The number of carbonyl (C=O) groups excluding carboxylic acids is 1. The summed E-state index contributed by atoms with van der Waals surface area (Å²) in [7, 11) is 0. The molecule has 1 aliphatic rings. The van der Waals surface area contributed by atoms with E-state index in [-0.39, 0.29) is 19.4 Å². The number of alkyl halides is 2. The Kier molecular flexibility index (Phi) is 4.16. The molecule has 1 saturated carbocycles. The van der Waals surface area contributed by atoms with Gasteiger partial charge in [0.15, 0.2) is 6.61 Å². The molecule has 1 fully saturated rings. The van der Waals surface area contributed by atoms with Crippen LogP contribution in [0.3, 0.4) is 0 Å². The molecule has 3 atom stereocenters. The Morgan fingerprint density at radius 1 is 1.80 bits per heavy atom. The van der Waals surface area contributed by atoms with Crippen LogP contribution in [0.15, 0.2) is 12.2 Å². The number of carbonyl (C=O) groups is 1. The molecule has 0 aromatic carbocycles. The molecule has 0 radical (unpaired) electrons. The fraction of sp³-hybridized carbons (Fsp3) is 0.545. The average Bonchev–Trinajstić information content (AvgIpc) is 2.20. The van der Waals surface area contributed by atoms with Gasteiger partial charge >= 0.3 is 5.97 Å². The molecule has 0 saturated heterocycles. The lowest BCUT2D eigenvalue weighted by Gasteiger charge is -2.28. The van der Waals surface area contributed by atoms with Gasteiger partial charge in [0.25, 0.3) is 0 Å². The van der Waals surface area contributed by atoms with E-state index < -0.39 is 23.4 Å². The van der Waals surface area contributed by atoms with E-state index in [2.05, 4.69) is 12.5 Å². The van der Waals surface area contributed by atoms with Crippen molar-refractivity contribution in [2.24, 2.45) is 5.92 Å². The van der Waals surface area contributed by atoms with Crippen LogP contribution >= 0.6 is 11.6 Å². The lowest BCUT2D eigenvalue weighted by Crippen LogP contribution is -2.34. The van der Waals surface area contributed by atoms with Gasteiger partial charge in [-0.2, -0.15) is 0 Å². The van der Waals surface area contributed by atoms with E-state index in [1.165, 1.54) is 0 Å². The third-order valence-electron chi connectivity index (χ3n) is 2.39. The van der Waals surface area contributed by atoms with Crippen molar-refractivity contribution in [1.82, 2.24) is 0 Å². The first-order chi connectivity index (χ1) is 7.06. The van der Waals surface area contributed by atoms with Crippen molar-refractivity contribution < 1.29 is 13.9 Å². The number of allylic oxidation sites excluding steroid dienone is 1. The van der Waals surface area contributed by atoms with Crippen molar-refractivity contribution >= 4 is 17.6 Å². The molecule has 3 unspecified atom stereocenters. The Balaban J connectivity index is 2.58. The molecule has 1 aliphatic carbocycles. The lowest BCUT2D eigenvalue weighted by molar-refractivity contribution is -0.147. The molecule has 15 heavy (non-hydrogen) atoms. The standard InChI is InChI=1S/C11H12ClFO2/c1-3-4-15-11(14)8-5-7(2)10(13)6-9(8)12/h1,8-10H,2,4-6H2. The van der Waals surface area contributed by atoms with E-state index in [1.54, 1.807) is 0 Å². The van der Waals surface area contributed by atoms with Gasteiger partial charge in [-0.25, -0.2) is 4.39 Å².